The zero-order chi connectivity index (χ0) is 23.3. The Morgan fingerprint density at radius 3 is 2.47 bits per heavy atom. The van der Waals surface area contributed by atoms with Gasteiger partial charge in [0.2, 0.25) is 0 Å². The molecule has 168 valence electrons. The number of amides is 1. The summed E-state index contributed by atoms with van der Waals surface area (Å²) >= 11 is 0. The van der Waals surface area contributed by atoms with Gasteiger partial charge in [-0.3, -0.25) is 9.78 Å². The van der Waals surface area contributed by atoms with Crippen molar-refractivity contribution in [2.24, 2.45) is 5.10 Å². The number of para-hydroxylation sites is 2. The number of nitrogen functional groups attached to an aromatic ring is 1. The normalized spacial score (nSPS) is 11.4. The average Bonchev–Trinajstić information content (AvgIpc) is 3.15. The fraction of sp³-hybridized carbons (Fsp3) is 0.115. The van der Waals surface area contributed by atoms with Crippen LogP contribution in [0.5, 0.6) is 0 Å². The molecular formula is C26H23N7O. The molecule has 3 aromatic heterocycles. The largest absolute Gasteiger partial charge is 0.383 e. The minimum atomic E-state index is -0.299. The molecule has 0 aliphatic rings. The van der Waals surface area contributed by atoms with Gasteiger partial charge in [-0.05, 0) is 42.7 Å². The van der Waals surface area contributed by atoms with Crippen molar-refractivity contribution in [3.8, 4) is 0 Å². The summed E-state index contributed by atoms with van der Waals surface area (Å²) in [4.78, 5) is 26.8. The molecule has 0 fully saturated rings. The van der Waals surface area contributed by atoms with Crippen LogP contribution in [-0.2, 0) is 6.42 Å². The third-order valence-electron chi connectivity index (χ3n) is 5.46. The van der Waals surface area contributed by atoms with Crippen LogP contribution in [0.3, 0.4) is 0 Å². The number of fused-ring (bicyclic) bond motifs is 2. The summed E-state index contributed by atoms with van der Waals surface area (Å²) in [5.74, 6) is -0.120. The van der Waals surface area contributed by atoms with Crippen LogP contribution < -0.4 is 11.1 Å². The molecule has 8 heteroatoms. The summed E-state index contributed by atoms with van der Waals surface area (Å²) in [5, 5.41) is 7.44. The number of nitrogens with zero attached hydrogens (tertiary/aromatic N) is 5. The first-order valence-electron chi connectivity index (χ1n) is 11.0. The molecule has 2 aromatic carbocycles. The molecule has 5 rings (SSSR count). The number of hydrogen-bond acceptors (Lipinski definition) is 6. The fourth-order valence-electron chi connectivity index (χ4n) is 3.78. The smallest absolute Gasteiger partial charge is 0.257 e. The lowest BCUT2D eigenvalue weighted by molar-refractivity contribution is 0.0955. The standard InChI is InChI=1S/C26H23N7O/c27-24-22(26(34)29-16-8-11-18-9-2-1-3-10-18)23-25(32-21-14-5-4-13-20(21)31-23)33(24)30-17-19-12-6-7-15-28-19/h1-7,9-10,12-15,17H,8,11,16,27H2,(H,29,34). The zero-order valence-electron chi connectivity index (χ0n) is 18.4. The number of pyridine rings is 1. The van der Waals surface area contributed by atoms with Crippen molar-refractivity contribution in [2.75, 3.05) is 12.3 Å². The maximum absolute atomic E-state index is 13.2. The Bertz CT molecular complexity index is 1480. The second-order valence-electron chi connectivity index (χ2n) is 7.80. The van der Waals surface area contributed by atoms with Gasteiger partial charge in [0, 0.05) is 12.7 Å². The van der Waals surface area contributed by atoms with Gasteiger partial charge in [0.1, 0.15) is 16.9 Å². The van der Waals surface area contributed by atoms with Gasteiger partial charge in [-0.2, -0.15) is 9.78 Å². The number of carbonyl (C=O) groups excluding carboxylic acids is 1. The van der Waals surface area contributed by atoms with Gasteiger partial charge in [0.25, 0.3) is 5.91 Å². The number of hydrogen-bond donors (Lipinski definition) is 2. The van der Waals surface area contributed by atoms with E-state index in [9.17, 15) is 4.79 Å². The first-order valence-corrected chi connectivity index (χ1v) is 11.0. The van der Waals surface area contributed by atoms with Gasteiger partial charge in [0.15, 0.2) is 5.65 Å². The molecule has 5 aromatic rings. The highest BCUT2D eigenvalue weighted by Crippen LogP contribution is 2.27. The Morgan fingerprint density at radius 2 is 1.71 bits per heavy atom. The van der Waals surface area contributed by atoms with Crippen LogP contribution in [0.2, 0.25) is 0 Å². The van der Waals surface area contributed by atoms with Crippen molar-refractivity contribution in [3.05, 3.63) is 95.8 Å². The predicted octanol–water partition coefficient (Wildman–Crippen LogP) is 3.81. The highest BCUT2D eigenvalue weighted by Gasteiger charge is 2.23. The molecule has 0 bridgehead atoms. The number of carbonyl (C=O) groups is 1. The van der Waals surface area contributed by atoms with E-state index >= 15 is 0 Å². The van der Waals surface area contributed by atoms with Gasteiger partial charge in [-0.25, -0.2) is 9.97 Å². The summed E-state index contributed by atoms with van der Waals surface area (Å²) < 4.78 is 1.45. The van der Waals surface area contributed by atoms with Crippen LogP contribution in [0.25, 0.3) is 22.2 Å². The molecular weight excluding hydrogens is 426 g/mol. The first-order chi connectivity index (χ1) is 16.7. The maximum Gasteiger partial charge on any atom is 0.257 e. The summed E-state index contributed by atoms with van der Waals surface area (Å²) in [6.45, 7) is 0.512. The lowest BCUT2D eigenvalue weighted by Gasteiger charge is -2.06. The van der Waals surface area contributed by atoms with Gasteiger partial charge in [-0.1, -0.05) is 48.5 Å². The van der Waals surface area contributed by atoms with Crippen LogP contribution in [0.1, 0.15) is 28.0 Å². The van der Waals surface area contributed by atoms with E-state index in [1.54, 1.807) is 12.4 Å². The van der Waals surface area contributed by atoms with Crippen molar-refractivity contribution >= 4 is 40.1 Å². The van der Waals surface area contributed by atoms with Crippen LogP contribution in [0.15, 0.2) is 84.1 Å². The molecule has 3 heterocycles. The number of nitrogens with one attached hydrogen (secondary N) is 1. The third-order valence-corrected chi connectivity index (χ3v) is 5.46. The van der Waals surface area contributed by atoms with Crippen molar-refractivity contribution in [3.63, 3.8) is 0 Å². The lowest BCUT2D eigenvalue weighted by atomic mass is 10.1. The lowest BCUT2D eigenvalue weighted by Crippen LogP contribution is -2.25. The van der Waals surface area contributed by atoms with E-state index in [0.717, 1.165) is 12.8 Å². The second-order valence-corrected chi connectivity index (χ2v) is 7.80. The third kappa shape index (κ3) is 4.33. The topological polar surface area (TPSA) is 111 Å². The van der Waals surface area contributed by atoms with Crippen molar-refractivity contribution < 1.29 is 4.79 Å². The fourth-order valence-corrected chi connectivity index (χ4v) is 3.78. The predicted molar refractivity (Wildman–Crippen MR) is 134 cm³/mol. The van der Waals surface area contributed by atoms with E-state index in [0.29, 0.717) is 34.4 Å². The van der Waals surface area contributed by atoms with Gasteiger partial charge in [-0.15, -0.1) is 0 Å². The van der Waals surface area contributed by atoms with E-state index < -0.39 is 0 Å². The second kappa shape index (κ2) is 9.50. The first kappa shape index (κ1) is 21.3. The van der Waals surface area contributed by atoms with E-state index in [4.69, 9.17) is 15.7 Å². The highest BCUT2D eigenvalue weighted by atomic mass is 16.1. The summed E-state index contributed by atoms with van der Waals surface area (Å²) in [6, 6.07) is 23.2. The molecule has 0 aliphatic heterocycles. The summed E-state index contributed by atoms with van der Waals surface area (Å²) in [6.07, 6.45) is 4.94. The number of anilines is 1. The Labute approximate surface area is 196 Å². The Kier molecular flexibility index (Phi) is 5.94. The number of benzene rings is 2. The molecule has 8 nitrogen and oxygen atoms in total. The molecule has 3 N–H and O–H groups in total. The minimum Gasteiger partial charge on any atom is -0.383 e. The molecule has 0 saturated carbocycles. The molecule has 0 spiro atoms. The monoisotopic (exact) mass is 449 g/mol. The molecule has 0 unspecified atom stereocenters. The molecule has 0 radical (unpaired) electrons. The number of rotatable bonds is 7. The Hall–Kier alpha value is -4.59. The quantitative estimate of drug-likeness (QED) is 0.290. The van der Waals surface area contributed by atoms with E-state index in [1.807, 2.05) is 60.7 Å². The van der Waals surface area contributed by atoms with Crippen LogP contribution in [0.4, 0.5) is 5.82 Å². The summed E-state index contributed by atoms with van der Waals surface area (Å²) in [7, 11) is 0. The number of aryl methyl sites for hydroxylation is 1. The molecule has 34 heavy (non-hydrogen) atoms. The van der Waals surface area contributed by atoms with Crippen LogP contribution >= 0.6 is 0 Å². The zero-order valence-corrected chi connectivity index (χ0v) is 18.4. The number of aromatic nitrogens is 4. The Morgan fingerprint density at radius 1 is 0.971 bits per heavy atom. The molecule has 0 atom stereocenters. The minimum absolute atomic E-state index is 0.179. The van der Waals surface area contributed by atoms with Gasteiger partial charge >= 0.3 is 0 Å². The highest BCUT2D eigenvalue weighted by molar-refractivity contribution is 6.10. The van der Waals surface area contributed by atoms with Crippen LogP contribution in [-0.4, -0.2) is 38.3 Å². The van der Waals surface area contributed by atoms with Crippen molar-refractivity contribution in [1.82, 2.24) is 24.9 Å². The maximum atomic E-state index is 13.2. The van der Waals surface area contributed by atoms with Crippen molar-refractivity contribution in [1.29, 1.82) is 0 Å². The van der Waals surface area contributed by atoms with Gasteiger partial charge in [0.05, 0.1) is 22.9 Å². The average molecular weight is 450 g/mol. The number of nitrogens with two attached hydrogens (primary N) is 1. The summed E-state index contributed by atoms with van der Waals surface area (Å²) in [5.41, 5.74) is 10.8. The Balaban J connectivity index is 1.47. The molecule has 0 aliphatic carbocycles. The van der Waals surface area contributed by atoms with E-state index in [2.05, 4.69) is 27.5 Å². The van der Waals surface area contributed by atoms with Crippen molar-refractivity contribution in [2.45, 2.75) is 12.8 Å². The van der Waals surface area contributed by atoms with Gasteiger partial charge < -0.3 is 11.1 Å². The van der Waals surface area contributed by atoms with Crippen LogP contribution in [0, 0.1) is 0 Å². The molecule has 0 saturated heterocycles. The van der Waals surface area contributed by atoms with E-state index in [1.165, 1.54) is 10.2 Å². The molecule has 1 amide bonds. The SMILES string of the molecule is Nc1c(C(=O)NCCCc2ccccc2)c2nc3ccccc3nc2n1N=Cc1ccccn1. The van der Waals surface area contributed by atoms with E-state index in [-0.39, 0.29) is 17.3 Å².